The van der Waals surface area contributed by atoms with Crippen LogP contribution >= 0.6 is 24.0 Å². The van der Waals surface area contributed by atoms with Gasteiger partial charge in [-0.25, -0.2) is 0 Å². The fraction of sp³-hybridized carbons (Fsp3) is 0.571. The molecule has 1 aromatic rings. The maximum Gasteiger partial charge on any atom is 0.252 e. The molecule has 0 unspecified atom stereocenters. The predicted octanol–water partition coefficient (Wildman–Crippen LogP) is 7.38. The first-order chi connectivity index (χ1) is 11.7. The second-order valence-electron chi connectivity index (χ2n) is 6.30. The molecule has 2 nitrogen and oxygen atoms in total. The summed E-state index contributed by atoms with van der Waals surface area (Å²) in [5, 5.41) is 2.95. The topological polar surface area (TPSA) is 29.1 Å². The Labute approximate surface area is 164 Å². The Morgan fingerprint density at radius 2 is 1.48 bits per heavy atom. The summed E-state index contributed by atoms with van der Waals surface area (Å²) in [4.78, 5) is 11.0. The largest absolute Gasteiger partial charge is 0.385 e. The Hall–Kier alpha value is -0.990. The van der Waals surface area contributed by atoms with Gasteiger partial charge in [-0.1, -0.05) is 57.6 Å². The number of benzene rings is 1. The third-order valence-electron chi connectivity index (χ3n) is 4.13. The van der Waals surface area contributed by atoms with Crippen LogP contribution in [0.25, 0.3) is 0 Å². The molecule has 1 aromatic carbocycles. The van der Waals surface area contributed by atoms with E-state index in [9.17, 15) is 4.79 Å². The lowest BCUT2D eigenvalue weighted by atomic mass is 10.1. The van der Waals surface area contributed by atoms with E-state index >= 15 is 0 Å². The van der Waals surface area contributed by atoms with Crippen molar-refractivity contribution in [1.82, 2.24) is 0 Å². The molecule has 0 aliphatic carbocycles. The molecule has 0 saturated heterocycles. The van der Waals surface area contributed by atoms with E-state index in [4.69, 9.17) is 11.6 Å². The lowest BCUT2D eigenvalue weighted by Crippen LogP contribution is -2.01. The van der Waals surface area contributed by atoms with Crippen LogP contribution in [0.3, 0.4) is 0 Å². The van der Waals surface area contributed by atoms with E-state index in [1.54, 1.807) is 12.1 Å². The Kier molecular flexibility index (Phi) is 15.8. The molecule has 0 aromatic heterocycles. The van der Waals surface area contributed by atoms with Crippen molar-refractivity contribution in [2.24, 2.45) is 0 Å². The third kappa shape index (κ3) is 12.9. The number of hydrogen-bond donors (Lipinski definition) is 1. The third-order valence-corrected chi connectivity index (χ3v) is 4.35. The Morgan fingerprint density at radius 1 is 0.920 bits per heavy atom. The molecule has 0 atom stereocenters. The fourth-order valence-electron chi connectivity index (χ4n) is 2.63. The van der Waals surface area contributed by atoms with Gasteiger partial charge in [-0.15, -0.1) is 12.4 Å². The van der Waals surface area contributed by atoms with Crippen LogP contribution in [0.2, 0.25) is 0 Å². The highest BCUT2D eigenvalue weighted by Crippen LogP contribution is 2.12. The van der Waals surface area contributed by atoms with Crippen LogP contribution in [-0.4, -0.2) is 11.8 Å². The number of nitrogens with one attached hydrogen (secondary N) is 1. The highest BCUT2D eigenvalue weighted by molar-refractivity contribution is 6.67. The first-order valence-electron chi connectivity index (χ1n) is 9.42. The summed E-state index contributed by atoms with van der Waals surface area (Å²) in [6, 6.07) is 7.29. The molecule has 0 radical (unpaired) electrons. The summed E-state index contributed by atoms with van der Waals surface area (Å²) in [5.74, 6) is 0. The van der Waals surface area contributed by atoms with Gasteiger partial charge in [-0.2, -0.15) is 0 Å². The lowest BCUT2D eigenvalue weighted by molar-refractivity contribution is 0.108. The summed E-state index contributed by atoms with van der Waals surface area (Å²) < 4.78 is 0. The summed E-state index contributed by atoms with van der Waals surface area (Å²) in [5.41, 5.74) is 1.57. The maximum absolute atomic E-state index is 11.0. The Bertz CT molecular complexity index is 471. The quantitative estimate of drug-likeness (QED) is 0.205. The van der Waals surface area contributed by atoms with Crippen LogP contribution in [0.15, 0.2) is 36.4 Å². The van der Waals surface area contributed by atoms with Crippen LogP contribution in [0.5, 0.6) is 0 Å². The van der Waals surface area contributed by atoms with Crippen molar-refractivity contribution in [3.8, 4) is 0 Å². The number of halogens is 2. The van der Waals surface area contributed by atoms with Crippen molar-refractivity contribution in [1.29, 1.82) is 0 Å². The summed E-state index contributed by atoms with van der Waals surface area (Å²) in [6.45, 7) is 3.20. The number of unbranched alkanes of at least 4 members (excludes halogenated alkanes) is 8. The van der Waals surface area contributed by atoms with Gasteiger partial charge in [0, 0.05) is 17.8 Å². The smallest absolute Gasteiger partial charge is 0.252 e. The van der Waals surface area contributed by atoms with Crippen molar-refractivity contribution < 1.29 is 4.79 Å². The van der Waals surface area contributed by atoms with Crippen LogP contribution < -0.4 is 5.32 Å². The molecule has 142 valence electrons. The number of hydrogen-bond acceptors (Lipinski definition) is 2. The molecule has 0 spiro atoms. The molecule has 1 rings (SSSR count). The molecule has 0 fully saturated rings. The van der Waals surface area contributed by atoms with Crippen molar-refractivity contribution in [2.75, 3.05) is 11.9 Å². The molecule has 25 heavy (non-hydrogen) atoms. The van der Waals surface area contributed by atoms with Gasteiger partial charge in [0.15, 0.2) is 0 Å². The lowest BCUT2D eigenvalue weighted by Gasteiger charge is -2.05. The van der Waals surface area contributed by atoms with E-state index in [1.165, 1.54) is 51.4 Å². The second-order valence-corrected chi connectivity index (χ2v) is 6.64. The van der Waals surface area contributed by atoms with E-state index in [1.807, 2.05) is 12.1 Å². The van der Waals surface area contributed by atoms with Crippen LogP contribution in [-0.2, 0) is 0 Å². The van der Waals surface area contributed by atoms with Gasteiger partial charge in [-0.3, -0.25) is 4.79 Å². The van der Waals surface area contributed by atoms with Gasteiger partial charge < -0.3 is 5.32 Å². The maximum atomic E-state index is 11.0. The van der Waals surface area contributed by atoms with E-state index in [0.29, 0.717) is 5.56 Å². The SMILES string of the molecule is CCCCCCCCCC=CCCCNc1ccc(C(=O)Cl)cc1.Cl. The van der Waals surface area contributed by atoms with Gasteiger partial charge in [-0.05, 0) is 61.5 Å². The molecular formula is C21H33Cl2NO. The normalized spacial score (nSPS) is 10.6. The number of allylic oxidation sites excluding steroid dienone is 2. The molecule has 1 N–H and O–H groups in total. The van der Waals surface area contributed by atoms with Crippen molar-refractivity contribution in [2.45, 2.75) is 71.1 Å². The molecular weight excluding hydrogens is 353 g/mol. The highest BCUT2D eigenvalue weighted by atomic mass is 35.5. The Balaban J connectivity index is 0.00000576. The molecule has 0 aliphatic rings. The van der Waals surface area contributed by atoms with Gasteiger partial charge in [0.1, 0.15) is 0 Å². The number of anilines is 1. The zero-order chi connectivity index (χ0) is 17.5. The highest BCUT2D eigenvalue weighted by Gasteiger charge is 2.00. The molecule has 0 saturated carbocycles. The van der Waals surface area contributed by atoms with Gasteiger partial charge in [0.05, 0.1) is 0 Å². The Morgan fingerprint density at radius 3 is 2.08 bits per heavy atom. The molecule has 0 heterocycles. The fourth-order valence-corrected chi connectivity index (χ4v) is 2.75. The minimum absolute atomic E-state index is 0. The van der Waals surface area contributed by atoms with E-state index in [0.717, 1.165) is 25.1 Å². The minimum Gasteiger partial charge on any atom is -0.385 e. The van der Waals surface area contributed by atoms with E-state index in [-0.39, 0.29) is 12.4 Å². The molecule has 0 aliphatic heterocycles. The van der Waals surface area contributed by atoms with E-state index < -0.39 is 5.24 Å². The average Bonchev–Trinajstić information content (AvgIpc) is 2.59. The summed E-state index contributed by atoms with van der Waals surface area (Å²) in [6.07, 6.45) is 17.7. The second kappa shape index (κ2) is 16.5. The molecule has 0 bridgehead atoms. The van der Waals surface area contributed by atoms with Crippen LogP contribution in [0.1, 0.15) is 81.5 Å². The molecule has 0 amide bonds. The van der Waals surface area contributed by atoms with Crippen LogP contribution in [0, 0.1) is 0 Å². The van der Waals surface area contributed by atoms with Gasteiger partial charge in [0.2, 0.25) is 0 Å². The van der Waals surface area contributed by atoms with Crippen molar-refractivity contribution in [3.05, 3.63) is 42.0 Å². The predicted molar refractivity (Wildman–Crippen MR) is 113 cm³/mol. The van der Waals surface area contributed by atoms with Crippen LogP contribution in [0.4, 0.5) is 5.69 Å². The van der Waals surface area contributed by atoms with Gasteiger partial charge in [0.25, 0.3) is 5.24 Å². The van der Waals surface area contributed by atoms with Gasteiger partial charge >= 0.3 is 0 Å². The standard InChI is InChI=1S/C21H32ClNO.ClH/c1-2-3-4-5-6-7-8-9-10-11-12-13-18-23-20-16-14-19(15-17-20)21(22)24;/h10-11,14-17,23H,2-9,12-13,18H2,1H3;1H. The zero-order valence-corrected chi connectivity index (χ0v) is 17.0. The zero-order valence-electron chi connectivity index (χ0n) is 15.4. The monoisotopic (exact) mass is 385 g/mol. The summed E-state index contributed by atoms with van der Waals surface area (Å²) >= 11 is 5.42. The number of carbonyl (C=O) groups excluding carboxylic acids is 1. The minimum atomic E-state index is -0.410. The average molecular weight is 386 g/mol. The van der Waals surface area contributed by atoms with Crippen molar-refractivity contribution >= 4 is 34.9 Å². The molecule has 4 heteroatoms. The summed E-state index contributed by atoms with van der Waals surface area (Å²) in [7, 11) is 0. The number of rotatable bonds is 14. The van der Waals surface area contributed by atoms with E-state index in [2.05, 4.69) is 24.4 Å². The first kappa shape index (κ1) is 24.0. The number of carbonyl (C=O) groups is 1. The van der Waals surface area contributed by atoms with Crippen molar-refractivity contribution in [3.63, 3.8) is 0 Å². The first-order valence-corrected chi connectivity index (χ1v) is 9.80.